The zero-order chi connectivity index (χ0) is 17.3. The molecule has 0 aliphatic heterocycles. The lowest BCUT2D eigenvalue weighted by Gasteiger charge is -2.10. The molecule has 0 saturated heterocycles. The van der Waals surface area contributed by atoms with Crippen LogP contribution in [-0.2, 0) is 17.1 Å². The molecule has 0 aliphatic carbocycles. The van der Waals surface area contributed by atoms with Crippen LogP contribution < -0.4 is 9.46 Å². The third-order valence-corrected chi connectivity index (χ3v) is 4.95. The van der Waals surface area contributed by atoms with Crippen molar-refractivity contribution in [2.24, 2.45) is 7.05 Å². The van der Waals surface area contributed by atoms with Crippen molar-refractivity contribution in [2.45, 2.75) is 11.8 Å². The lowest BCUT2D eigenvalue weighted by atomic mass is 10.3. The van der Waals surface area contributed by atoms with Crippen molar-refractivity contribution in [2.75, 3.05) is 11.8 Å². The summed E-state index contributed by atoms with van der Waals surface area (Å²) in [5.74, 6) is 0.980. The Morgan fingerprint density at radius 1 is 1.12 bits per heavy atom. The Bertz CT molecular complexity index is 945. The van der Waals surface area contributed by atoms with E-state index in [1.54, 1.807) is 35.4 Å². The minimum Gasteiger partial charge on any atom is -0.497 e. The number of rotatable bonds is 5. The van der Waals surface area contributed by atoms with Crippen LogP contribution in [0.4, 0.5) is 5.69 Å². The molecule has 3 rings (SSSR count). The van der Waals surface area contributed by atoms with Gasteiger partial charge in [0, 0.05) is 7.05 Å². The number of hydrogen-bond donors (Lipinski definition) is 1. The number of benzene rings is 1. The predicted molar refractivity (Wildman–Crippen MR) is 86.7 cm³/mol. The van der Waals surface area contributed by atoms with Crippen LogP contribution in [-0.4, -0.2) is 40.1 Å². The van der Waals surface area contributed by atoms with Crippen LogP contribution in [0.2, 0.25) is 0 Å². The Labute approximate surface area is 138 Å². The highest BCUT2D eigenvalue weighted by Crippen LogP contribution is 2.26. The first-order valence-corrected chi connectivity index (χ1v) is 8.46. The maximum atomic E-state index is 12.7. The Kier molecular flexibility index (Phi) is 3.97. The molecule has 0 aliphatic rings. The second kappa shape index (κ2) is 5.96. The minimum atomic E-state index is -3.77. The van der Waals surface area contributed by atoms with Gasteiger partial charge in [-0.15, -0.1) is 10.2 Å². The largest absolute Gasteiger partial charge is 0.497 e. The number of aryl methyl sites for hydroxylation is 1. The second-order valence-electron chi connectivity index (χ2n) is 5.06. The normalized spacial score (nSPS) is 11.5. The van der Waals surface area contributed by atoms with Gasteiger partial charge in [-0.2, -0.15) is 5.10 Å². The van der Waals surface area contributed by atoms with E-state index in [2.05, 4.69) is 20.0 Å². The number of anilines is 1. The molecule has 126 valence electrons. The summed E-state index contributed by atoms with van der Waals surface area (Å²) in [6, 6.07) is 6.13. The third-order valence-electron chi connectivity index (χ3n) is 3.59. The van der Waals surface area contributed by atoms with Crippen LogP contribution >= 0.6 is 0 Å². The summed E-state index contributed by atoms with van der Waals surface area (Å²) in [5, 5.41) is 11.8. The minimum absolute atomic E-state index is 0.126. The SMILES string of the molecule is COc1ccc(S(=O)(=O)Nc2c(-n3cnnc3)nn(C)c2C)cc1. The van der Waals surface area contributed by atoms with Gasteiger partial charge in [-0.05, 0) is 31.2 Å². The van der Waals surface area contributed by atoms with Gasteiger partial charge >= 0.3 is 0 Å². The maximum Gasteiger partial charge on any atom is 0.262 e. The molecule has 0 saturated carbocycles. The molecule has 0 atom stereocenters. The van der Waals surface area contributed by atoms with Crippen LogP contribution in [0.25, 0.3) is 5.82 Å². The molecule has 9 nitrogen and oxygen atoms in total. The highest BCUT2D eigenvalue weighted by Gasteiger charge is 2.22. The molecule has 2 aromatic heterocycles. The van der Waals surface area contributed by atoms with Crippen LogP contribution in [0.1, 0.15) is 5.69 Å². The average molecular weight is 348 g/mol. The first-order valence-electron chi connectivity index (χ1n) is 6.98. The van der Waals surface area contributed by atoms with Gasteiger partial charge < -0.3 is 4.74 Å². The Hall–Kier alpha value is -2.88. The smallest absolute Gasteiger partial charge is 0.262 e. The fraction of sp³-hybridized carbons (Fsp3) is 0.214. The molecule has 0 radical (unpaired) electrons. The van der Waals surface area contributed by atoms with Crippen LogP contribution in [0.15, 0.2) is 41.8 Å². The van der Waals surface area contributed by atoms with E-state index < -0.39 is 10.0 Å². The Balaban J connectivity index is 2.01. The average Bonchev–Trinajstić information content (AvgIpc) is 3.19. The predicted octanol–water partition coefficient (Wildman–Crippen LogP) is 1.12. The van der Waals surface area contributed by atoms with Crippen molar-refractivity contribution in [3.8, 4) is 11.6 Å². The first-order chi connectivity index (χ1) is 11.4. The van der Waals surface area contributed by atoms with Crippen molar-refractivity contribution in [1.82, 2.24) is 24.5 Å². The lowest BCUT2D eigenvalue weighted by Crippen LogP contribution is -2.14. The van der Waals surface area contributed by atoms with E-state index in [4.69, 9.17) is 4.74 Å². The van der Waals surface area contributed by atoms with E-state index in [0.717, 1.165) is 0 Å². The van der Waals surface area contributed by atoms with Crippen LogP contribution in [0.3, 0.4) is 0 Å². The number of aromatic nitrogens is 5. The summed E-state index contributed by atoms with van der Waals surface area (Å²) in [7, 11) is -0.524. The van der Waals surface area contributed by atoms with Crippen LogP contribution in [0.5, 0.6) is 5.75 Å². The molecule has 1 aromatic carbocycles. The summed E-state index contributed by atoms with van der Waals surface area (Å²) in [6.45, 7) is 1.77. The number of nitrogens with zero attached hydrogens (tertiary/aromatic N) is 5. The topological polar surface area (TPSA) is 104 Å². The number of ether oxygens (including phenoxy) is 1. The molecular weight excluding hydrogens is 332 g/mol. The van der Waals surface area contributed by atoms with Crippen molar-refractivity contribution >= 4 is 15.7 Å². The highest BCUT2D eigenvalue weighted by atomic mass is 32.2. The number of sulfonamides is 1. The summed E-state index contributed by atoms with van der Waals surface area (Å²) >= 11 is 0. The van der Waals surface area contributed by atoms with Crippen molar-refractivity contribution in [3.05, 3.63) is 42.6 Å². The number of hydrogen-bond acceptors (Lipinski definition) is 6. The Morgan fingerprint density at radius 3 is 2.33 bits per heavy atom. The quantitative estimate of drug-likeness (QED) is 0.741. The number of nitrogens with one attached hydrogen (secondary N) is 1. The van der Waals surface area contributed by atoms with E-state index in [-0.39, 0.29) is 4.90 Å². The van der Waals surface area contributed by atoms with Crippen molar-refractivity contribution < 1.29 is 13.2 Å². The molecule has 1 N–H and O–H groups in total. The number of methoxy groups -OCH3 is 1. The van der Waals surface area contributed by atoms with Gasteiger partial charge in [-0.3, -0.25) is 14.0 Å². The van der Waals surface area contributed by atoms with Crippen LogP contribution in [0, 0.1) is 6.92 Å². The van der Waals surface area contributed by atoms with Crippen molar-refractivity contribution in [3.63, 3.8) is 0 Å². The van der Waals surface area contributed by atoms with Gasteiger partial charge in [0.25, 0.3) is 10.0 Å². The molecule has 3 aromatic rings. The molecule has 0 bridgehead atoms. The lowest BCUT2D eigenvalue weighted by molar-refractivity contribution is 0.414. The highest BCUT2D eigenvalue weighted by molar-refractivity contribution is 7.92. The molecule has 10 heteroatoms. The van der Waals surface area contributed by atoms with Crippen molar-refractivity contribution in [1.29, 1.82) is 0 Å². The van der Waals surface area contributed by atoms with E-state index in [9.17, 15) is 8.42 Å². The molecule has 0 amide bonds. The van der Waals surface area contributed by atoms with E-state index in [1.165, 1.54) is 31.9 Å². The van der Waals surface area contributed by atoms with Gasteiger partial charge in [0.15, 0.2) is 5.82 Å². The van der Waals surface area contributed by atoms with Gasteiger partial charge in [0.2, 0.25) is 0 Å². The van der Waals surface area contributed by atoms with E-state index in [1.807, 2.05) is 0 Å². The zero-order valence-corrected chi connectivity index (χ0v) is 14.1. The van der Waals surface area contributed by atoms with E-state index >= 15 is 0 Å². The summed E-state index contributed by atoms with van der Waals surface area (Å²) in [4.78, 5) is 0.126. The maximum absolute atomic E-state index is 12.7. The molecular formula is C14H16N6O3S. The molecule has 0 spiro atoms. The second-order valence-corrected chi connectivity index (χ2v) is 6.74. The van der Waals surface area contributed by atoms with E-state index in [0.29, 0.717) is 22.9 Å². The van der Waals surface area contributed by atoms with Gasteiger partial charge in [-0.1, -0.05) is 0 Å². The fourth-order valence-electron chi connectivity index (χ4n) is 2.15. The first kappa shape index (κ1) is 16.0. The van der Waals surface area contributed by atoms with Gasteiger partial charge in [-0.25, -0.2) is 8.42 Å². The molecule has 0 fully saturated rings. The monoisotopic (exact) mass is 348 g/mol. The summed E-state index contributed by atoms with van der Waals surface area (Å²) in [5.41, 5.74) is 1.03. The molecule has 24 heavy (non-hydrogen) atoms. The third kappa shape index (κ3) is 2.83. The van der Waals surface area contributed by atoms with Gasteiger partial charge in [0.05, 0.1) is 17.7 Å². The zero-order valence-electron chi connectivity index (χ0n) is 13.3. The standard InChI is InChI=1S/C14H16N6O3S/c1-10-13(14(17-19(10)2)20-8-15-16-9-20)18-24(21,22)12-6-4-11(23-3)5-7-12/h4-9,18H,1-3H3. The molecule has 0 unspecified atom stereocenters. The summed E-state index contributed by atoms with van der Waals surface area (Å²) < 4.78 is 36.1. The summed E-state index contributed by atoms with van der Waals surface area (Å²) in [6.07, 6.45) is 2.90. The Morgan fingerprint density at radius 2 is 1.75 bits per heavy atom. The van der Waals surface area contributed by atoms with Gasteiger partial charge in [0.1, 0.15) is 24.1 Å². The fourth-order valence-corrected chi connectivity index (χ4v) is 3.27. The molecule has 2 heterocycles.